The molecule has 1 amide bonds. The van der Waals surface area contributed by atoms with Gasteiger partial charge in [-0.05, 0) is 12.0 Å². The average molecular weight is 262 g/mol. The van der Waals surface area contributed by atoms with Crippen LogP contribution >= 0.6 is 0 Å². The van der Waals surface area contributed by atoms with Crippen molar-refractivity contribution in [3.8, 4) is 0 Å². The maximum atomic E-state index is 11.8. The van der Waals surface area contributed by atoms with Gasteiger partial charge in [-0.15, -0.1) is 0 Å². The van der Waals surface area contributed by atoms with Crippen molar-refractivity contribution in [3.05, 3.63) is 35.9 Å². The zero-order chi connectivity index (χ0) is 13.1. The third-order valence-corrected chi connectivity index (χ3v) is 3.50. The molecule has 1 aromatic rings. The number of amides is 1. The number of benzene rings is 1. The lowest BCUT2D eigenvalue weighted by Gasteiger charge is -2.50. The highest BCUT2D eigenvalue weighted by Crippen LogP contribution is 2.25. The summed E-state index contributed by atoms with van der Waals surface area (Å²) >= 11 is 0. The SMILES string of the molecule is O=C(OCc1ccccc1)N1CC2(C1)NCCCO2. The van der Waals surface area contributed by atoms with Gasteiger partial charge in [0.15, 0.2) is 5.72 Å². The summed E-state index contributed by atoms with van der Waals surface area (Å²) in [6.07, 6.45) is 0.755. The van der Waals surface area contributed by atoms with Crippen molar-refractivity contribution in [1.82, 2.24) is 10.2 Å². The molecule has 0 aliphatic carbocycles. The van der Waals surface area contributed by atoms with Gasteiger partial charge in [-0.25, -0.2) is 4.79 Å². The first-order chi connectivity index (χ1) is 9.27. The number of carbonyl (C=O) groups is 1. The number of nitrogens with one attached hydrogen (secondary N) is 1. The Hall–Kier alpha value is -1.59. The van der Waals surface area contributed by atoms with Gasteiger partial charge in [0.25, 0.3) is 0 Å². The Morgan fingerprint density at radius 1 is 1.37 bits per heavy atom. The number of carbonyl (C=O) groups excluding carboxylic acids is 1. The fourth-order valence-electron chi connectivity index (χ4n) is 2.42. The summed E-state index contributed by atoms with van der Waals surface area (Å²) in [7, 11) is 0. The maximum absolute atomic E-state index is 11.8. The van der Waals surface area contributed by atoms with Crippen LogP contribution in [-0.4, -0.2) is 43.0 Å². The van der Waals surface area contributed by atoms with E-state index in [4.69, 9.17) is 9.47 Å². The summed E-state index contributed by atoms with van der Waals surface area (Å²) in [5, 5.41) is 3.32. The van der Waals surface area contributed by atoms with Gasteiger partial charge in [0.1, 0.15) is 6.61 Å². The third kappa shape index (κ3) is 2.72. The van der Waals surface area contributed by atoms with Crippen LogP contribution in [0.1, 0.15) is 12.0 Å². The van der Waals surface area contributed by atoms with Crippen LogP contribution in [0.2, 0.25) is 0 Å². The highest BCUT2D eigenvalue weighted by Gasteiger charge is 2.47. The number of ether oxygens (including phenoxy) is 2. The van der Waals surface area contributed by atoms with Crippen LogP contribution in [0, 0.1) is 0 Å². The zero-order valence-corrected chi connectivity index (χ0v) is 10.8. The number of hydrogen-bond donors (Lipinski definition) is 1. The molecule has 2 heterocycles. The zero-order valence-electron chi connectivity index (χ0n) is 10.8. The van der Waals surface area contributed by atoms with Crippen molar-refractivity contribution < 1.29 is 14.3 Å². The fourth-order valence-corrected chi connectivity index (χ4v) is 2.42. The number of rotatable bonds is 2. The molecule has 3 rings (SSSR count). The number of hydrogen-bond acceptors (Lipinski definition) is 4. The largest absolute Gasteiger partial charge is 0.445 e. The van der Waals surface area contributed by atoms with E-state index in [1.165, 1.54) is 0 Å². The normalized spacial score (nSPS) is 20.9. The van der Waals surface area contributed by atoms with Gasteiger partial charge in [-0.1, -0.05) is 30.3 Å². The van der Waals surface area contributed by atoms with Gasteiger partial charge >= 0.3 is 6.09 Å². The highest BCUT2D eigenvalue weighted by molar-refractivity contribution is 5.69. The van der Waals surface area contributed by atoms with E-state index in [9.17, 15) is 4.79 Å². The van der Waals surface area contributed by atoms with E-state index in [2.05, 4.69) is 5.32 Å². The van der Waals surface area contributed by atoms with Gasteiger partial charge in [0.05, 0.1) is 19.7 Å². The van der Waals surface area contributed by atoms with E-state index in [0.717, 1.165) is 25.1 Å². The van der Waals surface area contributed by atoms with E-state index in [1.54, 1.807) is 4.90 Å². The van der Waals surface area contributed by atoms with Crippen molar-refractivity contribution in [2.24, 2.45) is 0 Å². The summed E-state index contributed by atoms with van der Waals surface area (Å²) < 4.78 is 11.0. The molecule has 0 aromatic heterocycles. The van der Waals surface area contributed by atoms with Crippen LogP contribution < -0.4 is 5.32 Å². The Balaban J connectivity index is 1.45. The summed E-state index contributed by atoms with van der Waals surface area (Å²) in [4.78, 5) is 13.5. The van der Waals surface area contributed by atoms with E-state index in [0.29, 0.717) is 19.7 Å². The molecule has 102 valence electrons. The first-order valence-corrected chi connectivity index (χ1v) is 6.62. The molecule has 5 nitrogen and oxygen atoms in total. The molecule has 1 N–H and O–H groups in total. The first kappa shape index (κ1) is 12.4. The van der Waals surface area contributed by atoms with Gasteiger partial charge < -0.3 is 9.47 Å². The fraction of sp³-hybridized carbons (Fsp3) is 0.500. The number of nitrogens with zero attached hydrogens (tertiary/aromatic N) is 1. The van der Waals surface area contributed by atoms with Crippen molar-refractivity contribution in [2.45, 2.75) is 18.8 Å². The molecule has 1 aromatic carbocycles. The molecule has 2 fully saturated rings. The van der Waals surface area contributed by atoms with Gasteiger partial charge in [0.2, 0.25) is 0 Å². The summed E-state index contributed by atoms with van der Waals surface area (Å²) in [6.45, 7) is 3.17. The molecule has 0 saturated carbocycles. The Morgan fingerprint density at radius 3 is 2.84 bits per heavy atom. The van der Waals surface area contributed by atoms with Crippen LogP contribution in [0.5, 0.6) is 0 Å². The second kappa shape index (κ2) is 5.19. The predicted molar refractivity (Wildman–Crippen MR) is 69.5 cm³/mol. The van der Waals surface area contributed by atoms with Crippen LogP contribution in [0.15, 0.2) is 30.3 Å². The van der Waals surface area contributed by atoms with Gasteiger partial charge in [-0.3, -0.25) is 10.2 Å². The van der Waals surface area contributed by atoms with Crippen LogP contribution in [0.25, 0.3) is 0 Å². The van der Waals surface area contributed by atoms with Crippen molar-refractivity contribution in [1.29, 1.82) is 0 Å². The predicted octanol–water partition coefficient (Wildman–Crippen LogP) is 1.34. The minimum absolute atomic E-state index is 0.273. The lowest BCUT2D eigenvalue weighted by atomic mass is 10.0. The molecule has 0 atom stereocenters. The molecule has 2 saturated heterocycles. The topological polar surface area (TPSA) is 50.8 Å². The molecule has 5 heteroatoms. The first-order valence-electron chi connectivity index (χ1n) is 6.62. The average Bonchev–Trinajstić information content (AvgIpc) is 2.44. The minimum Gasteiger partial charge on any atom is -0.445 e. The van der Waals surface area contributed by atoms with E-state index < -0.39 is 0 Å². The Kier molecular flexibility index (Phi) is 3.40. The summed E-state index contributed by atoms with van der Waals surface area (Å²) in [6, 6.07) is 9.69. The highest BCUT2D eigenvalue weighted by atomic mass is 16.6. The maximum Gasteiger partial charge on any atom is 0.410 e. The lowest BCUT2D eigenvalue weighted by molar-refractivity contribution is -0.171. The molecule has 0 unspecified atom stereocenters. The Morgan fingerprint density at radius 2 is 2.16 bits per heavy atom. The van der Waals surface area contributed by atoms with Gasteiger partial charge in [0, 0.05) is 6.54 Å². The van der Waals surface area contributed by atoms with E-state index in [-0.39, 0.29) is 11.8 Å². The molecule has 19 heavy (non-hydrogen) atoms. The van der Waals surface area contributed by atoms with Crippen LogP contribution in [0.4, 0.5) is 4.79 Å². The number of likely N-dealkylation sites (tertiary alicyclic amines) is 1. The summed E-state index contributed by atoms with van der Waals surface area (Å²) in [5.41, 5.74) is 0.683. The Bertz CT molecular complexity index is 435. The smallest absolute Gasteiger partial charge is 0.410 e. The minimum atomic E-state index is -0.315. The Labute approximate surface area is 112 Å². The quantitative estimate of drug-likeness (QED) is 0.874. The standard InChI is InChI=1S/C14H18N2O3/c17-13(18-9-12-5-2-1-3-6-12)16-10-14(11-16)15-7-4-8-19-14/h1-3,5-6,15H,4,7-11H2. The second-order valence-corrected chi connectivity index (χ2v) is 5.02. The van der Waals surface area contributed by atoms with Crippen LogP contribution in [0.3, 0.4) is 0 Å². The molecule has 0 radical (unpaired) electrons. The monoisotopic (exact) mass is 262 g/mol. The van der Waals surface area contributed by atoms with Crippen LogP contribution in [-0.2, 0) is 16.1 Å². The molecule has 2 aliphatic heterocycles. The van der Waals surface area contributed by atoms with E-state index >= 15 is 0 Å². The van der Waals surface area contributed by atoms with Crippen molar-refractivity contribution in [2.75, 3.05) is 26.2 Å². The molecule has 0 bridgehead atoms. The van der Waals surface area contributed by atoms with Gasteiger partial charge in [-0.2, -0.15) is 0 Å². The van der Waals surface area contributed by atoms with Crippen molar-refractivity contribution >= 4 is 6.09 Å². The molecule has 2 aliphatic rings. The van der Waals surface area contributed by atoms with Crippen molar-refractivity contribution in [3.63, 3.8) is 0 Å². The molecule has 1 spiro atoms. The van der Waals surface area contributed by atoms with E-state index in [1.807, 2.05) is 30.3 Å². The molecular formula is C14H18N2O3. The molecular weight excluding hydrogens is 244 g/mol. The second-order valence-electron chi connectivity index (χ2n) is 5.02. The lowest BCUT2D eigenvalue weighted by Crippen LogP contribution is -2.73. The third-order valence-electron chi connectivity index (χ3n) is 3.50. The summed E-state index contributed by atoms with van der Waals surface area (Å²) in [5.74, 6) is 0.